The summed E-state index contributed by atoms with van der Waals surface area (Å²) in [4.78, 5) is 4.68. The van der Waals surface area contributed by atoms with Crippen molar-refractivity contribution in [2.45, 2.75) is 43.0 Å². The molecule has 1 spiro atoms. The van der Waals surface area contributed by atoms with Crippen molar-refractivity contribution in [1.82, 2.24) is 4.98 Å². The molecule has 0 amide bonds. The van der Waals surface area contributed by atoms with E-state index in [4.69, 9.17) is 16.3 Å². The Morgan fingerprint density at radius 3 is 2.76 bits per heavy atom. The summed E-state index contributed by atoms with van der Waals surface area (Å²) in [6.07, 6.45) is 10.0. The second-order valence-corrected chi connectivity index (χ2v) is 6.63. The summed E-state index contributed by atoms with van der Waals surface area (Å²) in [7, 11) is 0. The smallest absolute Gasteiger partial charge is 0.139 e. The van der Waals surface area contributed by atoms with Crippen molar-refractivity contribution in [1.29, 1.82) is 0 Å². The Balaban J connectivity index is 1.74. The van der Waals surface area contributed by atoms with Gasteiger partial charge in [-0.25, -0.2) is 0 Å². The highest BCUT2D eigenvalue weighted by Crippen LogP contribution is 2.57. The summed E-state index contributed by atoms with van der Waals surface area (Å²) in [6.45, 7) is 0. The number of aromatic nitrogens is 1. The molecule has 1 aromatic heterocycles. The molecule has 1 aromatic rings. The van der Waals surface area contributed by atoms with Gasteiger partial charge in [-0.1, -0.05) is 40.4 Å². The first-order valence-corrected chi connectivity index (χ1v) is 7.41. The van der Waals surface area contributed by atoms with Crippen LogP contribution in [0, 0.1) is 5.41 Å². The van der Waals surface area contributed by atoms with E-state index in [0.29, 0.717) is 21.4 Å². The lowest BCUT2D eigenvalue weighted by Crippen LogP contribution is -2.55. The molecule has 2 atom stereocenters. The molecule has 4 heteroatoms. The number of rotatable bonds is 2. The van der Waals surface area contributed by atoms with Crippen LogP contribution < -0.4 is 4.74 Å². The van der Waals surface area contributed by atoms with Gasteiger partial charge in [-0.3, -0.25) is 4.98 Å². The molecular formula is C13H15BrClNO. The topological polar surface area (TPSA) is 22.1 Å². The van der Waals surface area contributed by atoms with Crippen LogP contribution in [0.1, 0.15) is 32.1 Å². The highest BCUT2D eigenvalue weighted by molar-refractivity contribution is 9.09. The molecule has 0 aliphatic heterocycles. The predicted octanol–water partition coefficient (Wildman–Crippen LogP) is 4.21. The average molecular weight is 317 g/mol. The zero-order valence-electron chi connectivity index (χ0n) is 9.53. The van der Waals surface area contributed by atoms with Crippen LogP contribution >= 0.6 is 27.5 Å². The molecule has 2 saturated carbocycles. The second kappa shape index (κ2) is 4.43. The number of ether oxygens (including phenoxy) is 1. The van der Waals surface area contributed by atoms with E-state index in [9.17, 15) is 0 Å². The summed E-state index contributed by atoms with van der Waals surface area (Å²) in [5.41, 5.74) is 0.363. The SMILES string of the molecule is Clc1cncc(OC2CC(Br)C23CCCC3)c1. The van der Waals surface area contributed by atoms with Gasteiger partial charge in [0.05, 0.1) is 11.2 Å². The summed E-state index contributed by atoms with van der Waals surface area (Å²) in [5, 5.41) is 0.637. The molecule has 1 heterocycles. The molecule has 2 nitrogen and oxygen atoms in total. The Morgan fingerprint density at radius 1 is 1.35 bits per heavy atom. The van der Waals surface area contributed by atoms with Gasteiger partial charge >= 0.3 is 0 Å². The first-order valence-electron chi connectivity index (χ1n) is 6.12. The summed E-state index contributed by atoms with van der Waals surface area (Å²) >= 11 is 9.71. The zero-order chi connectivity index (χ0) is 11.9. The van der Waals surface area contributed by atoms with Gasteiger partial charge in [0.1, 0.15) is 11.9 Å². The van der Waals surface area contributed by atoms with Crippen LogP contribution in [0.25, 0.3) is 0 Å². The summed E-state index contributed by atoms with van der Waals surface area (Å²) in [5.74, 6) is 0.799. The van der Waals surface area contributed by atoms with Crippen LogP contribution in [0.2, 0.25) is 5.02 Å². The Hall–Kier alpha value is -0.280. The molecule has 3 rings (SSSR count). The van der Waals surface area contributed by atoms with E-state index in [1.165, 1.54) is 25.7 Å². The van der Waals surface area contributed by atoms with E-state index in [-0.39, 0.29) is 0 Å². The molecule has 2 aliphatic rings. The van der Waals surface area contributed by atoms with Crippen LogP contribution in [-0.2, 0) is 0 Å². The highest BCUT2D eigenvalue weighted by atomic mass is 79.9. The van der Waals surface area contributed by atoms with Crippen LogP contribution in [0.3, 0.4) is 0 Å². The first kappa shape index (κ1) is 11.8. The highest BCUT2D eigenvalue weighted by Gasteiger charge is 2.56. The minimum atomic E-state index is 0.328. The van der Waals surface area contributed by atoms with E-state index in [0.717, 1.165) is 12.2 Å². The van der Waals surface area contributed by atoms with Gasteiger partial charge in [-0.2, -0.15) is 0 Å². The average Bonchev–Trinajstić information content (AvgIpc) is 2.80. The maximum absolute atomic E-state index is 6.06. The lowest BCUT2D eigenvalue weighted by atomic mass is 9.64. The number of halogens is 2. The van der Waals surface area contributed by atoms with Gasteiger partial charge < -0.3 is 4.74 Å². The molecule has 0 bridgehead atoms. The second-order valence-electron chi connectivity index (χ2n) is 5.09. The monoisotopic (exact) mass is 315 g/mol. The van der Waals surface area contributed by atoms with Crippen molar-refractivity contribution >= 4 is 27.5 Å². The van der Waals surface area contributed by atoms with Crippen molar-refractivity contribution in [3.8, 4) is 5.75 Å². The van der Waals surface area contributed by atoms with Crippen molar-refractivity contribution < 1.29 is 4.74 Å². The molecule has 17 heavy (non-hydrogen) atoms. The van der Waals surface area contributed by atoms with Crippen LogP contribution in [0.5, 0.6) is 5.75 Å². The molecule has 2 fully saturated rings. The fourth-order valence-corrected chi connectivity index (χ4v) is 4.41. The van der Waals surface area contributed by atoms with Crippen molar-refractivity contribution in [3.05, 3.63) is 23.5 Å². The van der Waals surface area contributed by atoms with Crippen molar-refractivity contribution in [2.75, 3.05) is 0 Å². The largest absolute Gasteiger partial charge is 0.488 e. The molecule has 92 valence electrons. The Labute approximate surface area is 115 Å². The minimum absolute atomic E-state index is 0.328. The third-order valence-electron chi connectivity index (χ3n) is 4.18. The van der Waals surface area contributed by atoms with Crippen molar-refractivity contribution in [3.63, 3.8) is 0 Å². The van der Waals surface area contributed by atoms with Crippen LogP contribution in [0.15, 0.2) is 18.5 Å². The zero-order valence-corrected chi connectivity index (χ0v) is 11.9. The normalized spacial score (nSPS) is 30.2. The Kier molecular flexibility index (Phi) is 3.07. The van der Waals surface area contributed by atoms with E-state index >= 15 is 0 Å². The lowest BCUT2D eigenvalue weighted by molar-refractivity contribution is -0.0305. The lowest BCUT2D eigenvalue weighted by Gasteiger charge is -2.51. The molecule has 2 unspecified atom stereocenters. The Morgan fingerprint density at radius 2 is 2.12 bits per heavy atom. The van der Waals surface area contributed by atoms with Gasteiger partial charge in [0.15, 0.2) is 0 Å². The fraction of sp³-hybridized carbons (Fsp3) is 0.615. The number of nitrogens with zero attached hydrogens (tertiary/aromatic N) is 1. The molecule has 0 saturated heterocycles. The van der Waals surface area contributed by atoms with Gasteiger partial charge in [0.25, 0.3) is 0 Å². The maximum atomic E-state index is 6.06. The van der Waals surface area contributed by atoms with E-state index in [2.05, 4.69) is 20.9 Å². The predicted molar refractivity (Wildman–Crippen MR) is 71.9 cm³/mol. The van der Waals surface area contributed by atoms with Gasteiger partial charge in [0, 0.05) is 22.5 Å². The first-order chi connectivity index (χ1) is 8.21. The van der Waals surface area contributed by atoms with Gasteiger partial charge in [-0.05, 0) is 19.3 Å². The van der Waals surface area contributed by atoms with Crippen LogP contribution in [-0.4, -0.2) is 15.9 Å². The van der Waals surface area contributed by atoms with E-state index in [1.807, 2.05) is 6.07 Å². The third kappa shape index (κ3) is 1.97. The Bertz CT molecular complexity index is 420. The van der Waals surface area contributed by atoms with Gasteiger partial charge in [0.2, 0.25) is 0 Å². The molecule has 0 aromatic carbocycles. The number of hydrogen-bond donors (Lipinski definition) is 0. The molecular weight excluding hydrogens is 302 g/mol. The molecule has 0 N–H and O–H groups in total. The summed E-state index contributed by atoms with van der Waals surface area (Å²) in [6, 6.07) is 1.85. The maximum Gasteiger partial charge on any atom is 0.139 e. The van der Waals surface area contributed by atoms with E-state index < -0.39 is 0 Å². The standard InChI is InChI=1S/C13H15BrClNO/c14-11-6-12(13(11)3-1-2-4-13)17-10-5-9(15)7-16-8-10/h5,7-8,11-12H,1-4,6H2. The fourth-order valence-electron chi connectivity index (χ4n) is 3.15. The third-order valence-corrected chi connectivity index (χ3v) is 5.67. The van der Waals surface area contributed by atoms with Crippen molar-refractivity contribution in [2.24, 2.45) is 5.41 Å². The number of pyridine rings is 1. The number of alkyl halides is 1. The molecule has 0 radical (unpaired) electrons. The quantitative estimate of drug-likeness (QED) is 0.763. The minimum Gasteiger partial charge on any atom is -0.488 e. The molecule has 2 aliphatic carbocycles. The van der Waals surface area contributed by atoms with E-state index in [1.54, 1.807) is 12.4 Å². The number of hydrogen-bond acceptors (Lipinski definition) is 2. The van der Waals surface area contributed by atoms with Crippen LogP contribution in [0.4, 0.5) is 0 Å². The van der Waals surface area contributed by atoms with Gasteiger partial charge in [-0.15, -0.1) is 0 Å². The summed E-state index contributed by atoms with van der Waals surface area (Å²) < 4.78 is 6.06.